The summed E-state index contributed by atoms with van der Waals surface area (Å²) in [6.07, 6.45) is -8.33. The molecular weight excluding hydrogens is 290 g/mol. The summed E-state index contributed by atoms with van der Waals surface area (Å²) in [7, 11) is 0. The molecule has 0 N–H and O–H groups in total. The van der Waals surface area contributed by atoms with Gasteiger partial charge in [0.2, 0.25) is 0 Å². The summed E-state index contributed by atoms with van der Waals surface area (Å²) < 4.78 is 73.4. The quantitative estimate of drug-likeness (QED) is 0.667. The van der Waals surface area contributed by atoms with Crippen LogP contribution in [0.2, 0.25) is 0 Å². The number of benzene rings is 1. The van der Waals surface area contributed by atoms with Gasteiger partial charge in [0.05, 0.1) is 5.56 Å². The van der Waals surface area contributed by atoms with E-state index in [1.54, 1.807) is 0 Å². The van der Waals surface area contributed by atoms with E-state index >= 15 is 0 Å². The molecule has 0 spiro atoms. The second kappa shape index (κ2) is 4.03. The van der Waals surface area contributed by atoms with Crippen molar-refractivity contribution in [3.05, 3.63) is 33.5 Å². The molecule has 0 saturated heterocycles. The van der Waals surface area contributed by atoms with Gasteiger partial charge in [-0.15, -0.1) is 0 Å². The normalized spacial score (nSPS) is 12.3. The van der Waals surface area contributed by atoms with E-state index in [-0.39, 0.29) is 6.07 Å². The van der Waals surface area contributed by atoms with E-state index in [2.05, 4.69) is 15.9 Å². The Morgan fingerprint density at radius 2 is 1.67 bits per heavy atom. The maximum atomic E-state index is 12.6. The third-order valence-electron chi connectivity index (χ3n) is 1.62. The largest absolute Gasteiger partial charge is 0.417 e. The van der Waals surface area contributed by atoms with Gasteiger partial charge in [-0.3, -0.25) is 0 Å². The Bertz CT molecular complexity index is 370. The highest BCUT2D eigenvalue weighted by Gasteiger charge is 2.37. The maximum Gasteiger partial charge on any atom is 0.417 e. The Labute approximate surface area is 89.0 Å². The molecule has 0 nitrogen and oxygen atoms in total. The minimum atomic E-state index is -5.00. The van der Waals surface area contributed by atoms with E-state index in [0.717, 1.165) is 0 Å². The van der Waals surface area contributed by atoms with Gasteiger partial charge in [0.25, 0.3) is 6.43 Å². The van der Waals surface area contributed by atoms with Crippen molar-refractivity contribution >= 4 is 15.9 Å². The Kier molecular flexibility index (Phi) is 3.32. The van der Waals surface area contributed by atoms with E-state index in [1.807, 2.05) is 0 Å². The molecular formula is C8H3BrF6. The molecule has 0 fully saturated rings. The van der Waals surface area contributed by atoms with Gasteiger partial charge in [-0.25, -0.2) is 13.2 Å². The minimum absolute atomic E-state index is 0.0479. The Balaban J connectivity index is 3.47. The molecule has 84 valence electrons. The van der Waals surface area contributed by atoms with Crippen molar-refractivity contribution in [3.8, 4) is 0 Å². The zero-order chi connectivity index (χ0) is 11.8. The van der Waals surface area contributed by atoms with Crippen LogP contribution in [-0.2, 0) is 6.18 Å². The van der Waals surface area contributed by atoms with Crippen LogP contribution >= 0.6 is 15.9 Å². The predicted octanol–water partition coefficient (Wildman–Crippen LogP) is 4.54. The first-order valence-electron chi connectivity index (χ1n) is 3.57. The summed E-state index contributed by atoms with van der Waals surface area (Å²) in [5.74, 6) is -1.22. The second-order valence-electron chi connectivity index (χ2n) is 2.65. The van der Waals surface area contributed by atoms with Crippen LogP contribution in [-0.4, -0.2) is 0 Å². The first kappa shape index (κ1) is 12.4. The van der Waals surface area contributed by atoms with Gasteiger partial charge in [0, 0.05) is 10.0 Å². The number of halogens is 7. The first-order chi connectivity index (χ1) is 6.73. The highest BCUT2D eigenvalue weighted by atomic mass is 79.9. The molecule has 1 aromatic carbocycles. The Morgan fingerprint density at radius 1 is 1.13 bits per heavy atom. The average Bonchev–Trinajstić information content (AvgIpc) is 1.99. The fourth-order valence-corrected chi connectivity index (χ4v) is 1.65. The van der Waals surface area contributed by atoms with Crippen LogP contribution in [0.25, 0.3) is 0 Å². The van der Waals surface area contributed by atoms with Gasteiger partial charge >= 0.3 is 6.18 Å². The monoisotopic (exact) mass is 292 g/mol. The molecule has 0 aliphatic rings. The van der Waals surface area contributed by atoms with Crippen molar-refractivity contribution in [1.82, 2.24) is 0 Å². The maximum absolute atomic E-state index is 12.6. The van der Waals surface area contributed by atoms with Crippen molar-refractivity contribution in [3.63, 3.8) is 0 Å². The third kappa shape index (κ3) is 2.64. The first-order valence-corrected chi connectivity index (χ1v) is 4.37. The van der Waals surface area contributed by atoms with Gasteiger partial charge in [-0.05, 0) is 12.1 Å². The number of hydrogen-bond donors (Lipinski definition) is 0. The lowest BCUT2D eigenvalue weighted by molar-refractivity contribution is -0.139. The summed E-state index contributed by atoms with van der Waals surface area (Å²) in [5.41, 5.74) is -2.91. The summed E-state index contributed by atoms with van der Waals surface area (Å²) in [5, 5.41) is 0. The number of rotatable bonds is 1. The van der Waals surface area contributed by atoms with E-state index in [4.69, 9.17) is 0 Å². The molecule has 0 atom stereocenters. The molecule has 1 aromatic rings. The number of hydrogen-bond acceptors (Lipinski definition) is 0. The molecule has 0 aliphatic carbocycles. The van der Waals surface area contributed by atoms with Crippen LogP contribution in [0, 0.1) is 5.82 Å². The van der Waals surface area contributed by atoms with Crippen LogP contribution in [0.15, 0.2) is 16.6 Å². The van der Waals surface area contributed by atoms with Crippen molar-refractivity contribution in [2.75, 3.05) is 0 Å². The van der Waals surface area contributed by atoms with E-state index < -0.39 is 34.0 Å². The zero-order valence-corrected chi connectivity index (χ0v) is 8.46. The molecule has 0 aliphatic heterocycles. The van der Waals surface area contributed by atoms with Crippen molar-refractivity contribution in [1.29, 1.82) is 0 Å². The van der Waals surface area contributed by atoms with Crippen molar-refractivity contribution in [2.24, 2.45) is 0 Å². The highest BCUT2D eigenvalue weighted by molar-refractivity contribution is 9.10. The van der Waals surface area contributed by atoms with Gasteiger partial charge in [-0.1, -0.05) is 15.9 Å². The summed E-state index contributed by atoms with van der Waals surface area (Å²) >= 11 is 2.47. The van der Waals surface area contributed by atoms with Gasteiger partial charge in [-0.2, -0.15) is 13.2 Å². The third-order valence-corrected chi connectivity index (χ3v) is 2.27. The molecule has 0 unspecified atom stereocenters. The lowest BCUT2D eigenvalue weighted by Crippen LogP contribution is -2.10. The molecule has 15 heavy (non-hydrogen) atoms. The van der Waals surface area contributed by atoms with Crippen LogP contribution in [0.5, 0.6) is 0 Å². The highest BCUT2D eigenvalue weighted by Crippen LogP contribution is 2.40. The van der Waals surface area contributed by atoms with Crippen molar-refractivity contribution < 1.29 is 26.3 Å². The fourth-order valence-electron chi connectivity index (χ4n) is 1.04. The summed E-state index contributed by atoms with van der Waals surface area (Å²) in [4.78, 5) is 0. The fraction of sp³-hybridized carbons (Fsp3) is 0.250. The van der Waals surface area contributed by atoms with Crippen LogP contribution in [0.3, 0.4) is 0 Å². The predicted molar refractivity (Wildman–Crippen MR) is 44.1 cm³/mol. The minimum Gasteiger partial charge on any atom is -0.207 e. The molecule has 0 amide bonds. The molecule has 0 heterocycles. The average molecular weight is 293 g/mol. The topological polar surface area (TPSA) is 0 Å². The van der Waals surface area contributed by atoms with Crippen LogP contribution in [0.4, 0.5) is 26.3 Å². The summed E-state index contributed by atoms with van der Waals surface area (Å²) in [6, 6.07) is 0.614. The number of alkyl halides is 5. The standard InChI is InChI=1S/C8H3BrF6/c9-5-2-3(10)1-4(8(13,14)15)6(5)7(11)12/h1-2,7H. The smallest absolute Gasteiger partial charge is 0.207 e. The van der Waals surface area contributed by atoms with E-state index in [1.165, 1.54) is 0 Å². The van der Waals surface area contributed by atoms with Crippen LogP contribution < -0.4 is 0 Å². The molecule has 0 saturated carbocycles. The Morgan fingerprint density at radius 3 is 2.07 bits per heavy atom. The molecule has 0 radical (unpaired) electrons. The van der Waals surface area contributed by atoms with E-state index in [9.17, 15) is 26.3 Å². The SMILES string of the molecule is Fc1cc(Br)c(C(F)F)c(C(F)(F)F)c1. The molecule has 7 heteroatoms. The van der Waals surface area contributed by atoms with Gasteiger partial charge in [0.15, 0.2) is 0 Å². The van der Waals surface area contributed by atoms with E-state index in [0.29, 0.717) is 6.07 Å². The lowest BCUT2D eigenvalue weighted by Gasteiger charge is -2.13. The molecule has 0 bridgehead atoms. The van der Waals surface area contributed by atoms with Gasteiger partial charge in [0.1, 0.15) is 5.82 Å². The van der Waals surface area contributed by atoms with Crippen molar-refractivity contribution in [2.45, 2.75) is 12.6 Å². The zero-order valence-electron chi connectivity index (χ0n) is 6.88. The van der Waals surface area contributed by atoms with Crippen LogP contribution in [0.1, 0.15) is 17.6 Å². The molecule has 1 rings (SSSR count). The second-order valence-corrected chi connectivity index (χ2v) is 3.50. The lowest BCUT2D eigenvalue weighted by atomic mass is 10.1. The molecule has 0 aromatic heterocycles. The van der Waals surface area contributed by atoms with Gasteiger partial charge < -0.3 is 0 Å². The summed E-state index contributed by atoms with van der Waals surface area (Å²) in [6.45, 7) is 0. The Hall–Kier alpha value is -0.720.